The fraction of sp³-hybridized carbons (Fsp3) is 0.727. The third kappa shape index (κ3) is 2.97. The van der Waals surface area contributed by atoms with Crippen LogP contribution in [0.5, 0.6) is 0 Å². The number of amides is 1. The molecule has 18 heavy (non-hydrogen) atoms. The van der Waals surface area contributed by atoms with E-state index in [4.69, 9.17) is 0 Å². The molecule has 7 heteroatoms. The molecule has 0 radical (unpaired) electrons. The molecule has 0 spiro atoms. The van der Waals surface area contributed by atoms with Crippen LogP contribution in [0.15, 0.2) is 0 Å². The lowest BCUT2D eigenvalue weighted by Crippen LogP contribution is -2.50. The molecule has 1 aliphatic heterocycles. The first-order valence-corrected chi connectivity index (χ1v) is 7.01. The number of carbonyl (C=O) groups excluding carboxylic acids is 1. The van der Waals surface area contributed by atoms with Gasteiger partial charge in [0.15, 0.2) is 0 Å². The van der Waals surface area contributed by atoms with Crippen molar-refractivity contribution in [3.63, 3.8) is 0 Å². The highest BCUT2D eigenvalue weighted by molar-refractivity contribution is 7.09. The second-order valence-corrected chi connectivity index (χ2v) is 4.98. The number of anilines is 1. The SMILES string of the molecule is CCc1nsc(N2CCN(C(=O)CNC)CC2)n1. The molecule has 1 saturated heterocycles. The van der Waals surface area contributed by atoms with Gasteiger partial charge >= 0.3 is 0 Å². The van der Waals surface area contributed by atoms with Crippen LogP contribution in [0.3, 0.4) is 0 Å². The van der Waals surface area contributed by atoms with Gasteiger partial charge in [-0.15, -0.1) is 0 Å². The standard InChI is InChI=1S/C11H19N5OS/c1-3-9-13-11(18-14-9)16-6-4-15(5-7-16)10(17)8-12-2/h12H,3-8H2,1-2H3. The van der Waals surface area contributed by atoms with Crippen LogP contribution in [0.25, 0.3) is 0 Å². The monoisotopic (exact) mass is 269 g/mol. The molecule has 0 atom stereocenters. The Hall–Kier alpha value is -1.21. The molecule has 0 unspecified atom stereocenters. The van der Waals surface area contributed by atoms with E-state index in [1.54, 1.807) is 7.05 Å². The maximum Gasteiger partial charge on any atom is 0.236 e. The summed E-state index contributed by atoms with van der Waals surface area (Å²) in [5.41, 5.74) is 0. The van der Waals surface area contributed by atoms with E-state index in [0.29, 0.717) is 6.54 Å². The largest absolute Gasteiger partial charge is 0.343 e. The fourth-order valence-corrected chi connectivity index (χ4v) is 2.73. The van der Waals surface area contributed by atoms with Crippen molar-refractivity contribution in [3.05, 3.63) is 5.82 Å². The van der Waals surface area contributed by atoms with Gasteiger partial charge in [-0.1, -0.05) is 6.92 Å². The summed E-state index contributed by atoms with van der Waals surface area (Å²) in [5.74, 6) is 1.08. The van der Waals surface area contributed by atoms with Gasteiger partial charge < -0.3 is 15.1 Å². The Morgan fingerprint density at radius 1 is 1.39 bits per heavy atom. The second-order valence-electron chi connectivity index (χ2n) is 4.24. The Morgan fingerprint density at radius 2 is 2.11 bits per heavy atom. The summed E-state index contributed by atoms with van der Waals surface area (Å²) in [6, 6.07) is 0. The summed E-state index contributed by atoms with van der Waals surface area (Å²) < 4.78 is 4.29. The number of aromatic nitrogens is 2. The highest BCUT2D eigenvalue weighted by Crippen LogP contribution is 2.19. The highest BCUT2D eigenvalue weighted by Gasteiger charge is 2.22. The van der Waals surface area contributed by atoms with Gasteiger partial charge in [-0.3, -0.25) is 4.79 Å². The van der Waals surface area contributed by atoms with Gasteiger partial charge in [0.2, 0.25) is 11.0 Å². The number of carbonyl (C=O) groups is 1. The third-order valence-corrected chi connectivity index (χ3v) is 3.82. The molecule has 0 aromatic carbocycles. The van der Waals surface area contributed by atoms with Crippen LogP contribution in [0.4, 0.5) is 5.13 Å². The number of likely N-dealkylation sites (N-methyl/N-ethyl adjacent to an activating group) is 1. The quantitative estimate of drug-likeness (QED) is 0.831. The van der Waals surface area contributed by atoms with E-state index in [-0.39, 0.29) is 5.91 Å². The molecule has 2 heterocycles. The van der Waals surface area contributed by atoms with Crippen LogP contribution in [0.2, 0.25) is 0 Å². The Bertz CT molecular complexity index is 400. The van der Waals surface area contributed by atoms with Crippen LogP contribution >= 0.6 is 11.5 Å². The first-order valence-electron chi connectivity index (χ1n) is 6.24. The maximum absolute atomic E-state index is 11.7. The van der Waals surface area contributed by atoms with Crippen LogP contribution in [-0.4, -0.2) is 59.9 Å². The average Bonchev–Trinajstić information content (AvgIpc) is 2.88. The summed E-state index contributed by atoms with van der Waals surface area (Å²) in [6.45, 7) is 5.68. The zero-order valence-corrected chi connectivity index (χ0v) is 11.7. The first-order chi connectivity index (χ1) is 8.74. The zero-order valence-electron chi connectivity index (χ0n) is 10.8. The summed E-state index contributed by atoms with van der Waals surface area (Å²) in [6.07, 6.45) is 0.872. The highest BCUT2D eigenvalue weighted by atomic mass is 32.1. The van der Waals surface area contributed by atoms with E-state index in [2.05, 4.69) is 26.5 Å². The van der Waals surface area contributed by atoms with Gasteiger partial charge in [0.25, 0.3) is 0 Å². The molecule has 1 aromatic heterocycles. The lowest BCUT2D eigenvalue weighted by atomic mass is 10.3. The van der Waals surface area contributed by atoms with E-state index >= 15 is 0 Å². The van der Waals surface area contributed by atoms with Gasteiger partial charge in [-0.2, -0.15) is 4.37 Å². The summed E-state index contributed by atoms with van der Waals surface area (Å²) >= 11 is 1.45. The van der Waals surface area contributed by atoms with E-state index in [1.165, 1.54) is 11.5 Å². The molecule has 100 valence electrons. The van der Waals surface area contributed by atoms with Crippen LogP contribution < -0.4 is 10.2 Å². The van der Waals surface area contributed by atoms with Crippen LogP contribution in [0.1, 0.15) is 12.7 Å². The van der Waals surface area contributed by atoms with E-state index < -0.39 is 0 Å². The minimum Gasteiger partial charge on any atom is -0.343 e. The molecule has 1 aromatic rings. The fourth-order valence-electron chi connectivity index (χ4n) is 1.93. The van der Waals surface area contributed by atoms with Crippen molar-refractivity contribution in [3.8, 4) is 0 Å². The average molecular weight is 269 g/mol. The number of aryl methyl sites for hydroxylation is 1. The third-order valence-electron chi connectivity index (χ3n) is 3.00. The van der Waals surface area contributed by atoms with Gasteiger partial charge in [0.1, 0.15) is 5.82 Å². The Morgan fingerprint density at radius 3 is 2.67 bits per heavy atom. The number of piperazine rings is 1. The van der Waals surface area contributed by atoms with E-state index in [9.17, 15) is 4.79 Å². The van der Waals surface area contributed by atoms with Gasteiger partial charge in [0, 0.05) is 44.1 Å². The number of nitrogens with one attached hydrogen (secondary N) is 1. The molecule has 1 fully saturated rings. The molecule has 0 bridgehead atoms. The summed E-state index contributed by atoms with van der Waals surface area (Å²) in [5, 5.41) is 3.87. The predicted molar refractivity (Wildman–Crippen MR) is 72.0 cm³/mol. The number of rotatable bonds is 4. The lowest BCUT2D eigenvalue weighted by molar-refractivity contribution is -0.130. The molecular weight excluding hydrogens is 250 g/mol. The normalized spacial score (nSPS) is 16.1. The van der Waals surface area contributed by atoms with Crippen LogP contribution in [0, 0.1) is 0 Å². The molecular formula is C11H19N5OS. The van der Waals surface area contributed by atoms with Crippen molar-refractivity contribution >= 4 is 22.6 Å². The Balaban J connectivity index is 1.88. The number of hydrogen-bond donors (Lipinski definition) is 1. The molecule has 6 nitrogen and oxygen atoms in total. The molecule has 2 rings (SSSR count). The Kier molecular flexibility index (Phi) is 4.48. The van der Waals surface area contributed by atoms with Gasteiger partial charge in [-0.05, 0) is 7.05 Å². The summed E-state index contributed by atoms with van der Waals surface area (Å²) in [7, 11) is 1.79. The van der Waals surface area contributed by atoms with Crippen molar-refractivity contribution < 1.29 is 4.79 Å². The molecule has 1 amide bonds. The summed E-state index contributed by atoms with van der Waals surface area (Å²) in [4.78, 5) is 20.3. The minimum atomic E-state index is 0.170. The molecule has 0 aliphatic carbocycles. The lowest BCUT2D eigenvalue weighted by Gasteiger charge is -2.34. The van der Waals surface area contributed by atoms with Gasteiger partial charge in [-0.25, -0.2) is 4.98 Å². The molecule has 0 saturated carbocycles. The zero-order chi connectivity index (χ0) is 13.0. The molecule has 1 aliphatic rings. The smallest absolute Gasteiger partial charge is 0.236 e. The van der Waals surface area contributed by atoms with Crippen molar-refractivity contribution in [2.45, 2.75) is 13.3 Å². The number of hydrogen-bond acceptors (Lipinski definition) is 6. The van der Waals surface area contributed by atoms with Crippen molar-refractivity contribution in [2.24, 2.45) is 0 Å². The second kappa shape index (κ2) is 6.10. The maximum atomic E-state index is 11.7. The van der Waals surface area contributed by atoms with Crippen LogP contribution in [-0.2, 0) is 11.2 Å². The predicted octanol–water partition coefficient (Wildman–Crippen LogP) is -0.0315. The first kappa shape index (κ1) is 13.2. The minimum absolute atomic E-state index is 0.170. The van der Waals surface area contributed by atoms with Crippen molar-refractivity contribution in [2.75, 3.05) is 44.7 Å². The number of nitrogens with zero attached hydrogens (tertiary/aromatic N) is 4. The molecule has 1 N–H and O–H groups in total. The van der Waals surface area contributed by atoms with Crippen molar-refractivity contribution in [1.29, 1.82) is 0 Å². The topological polar surface area (TPSA) is 61.4 Å². The van der Waals surface area contributed by atoms with Gasteiger partial charge in [0.05, 0.1) is 6.54 Å². The van der Waals surface area contributed by atoms with Crippen molar-refractivity contribution in [1.82, 2.24) is 19.6 Å². The van der Waals surface area contributed by atoms with E-state index in [0.717, 1.165) is 43.6 Å². The van der Waals surface area contributed by atoms with E-state index in [1.807, 2.05) is 4.90 Å². The Labute approximate surface area is 111 Å².